The molecule has 0 saturated carbocycles. The summed E-state index contributed by atoms with van der Waals surface area (Å²) in [7, 11) is 1.71. The Labute approximate surface area is 158 Å². The van der Waals surface area contributed by atoms with Crippen LogP contribution in [0.3, 0.4) is 0 Å². The standard InChI is InChI=1S/C19H27N3O3S/c1-25-11-10-22-8-6-15(7-9-22)21-19(24)20-13-16(23)18-12-14-4-2-3-5-17(14)26-18/h2-5,12,15-16,23H,6-11,13H2,1H3,(H2,20,21,24). The van der Waals surface area contributed by atoms with Crippen molar-refractivity contribution in [3.63, 3.8) is 0 Å². The maximum Gasteiger partial charge on any atom is 0.315 e. The van der Waals surface area contributed by atoms with E-state index in [9.17, 15) is 9.90 Å². The number of benzene rings is 1. The van der Waals surface area contributed by atoms with Gasteiger partial charge in [0, 0.05) is 42.4 Å². The number of amides is 2. The van der Waals surface area contributed by atoms with Gasteiger partial charge in [-0.15, -0.1) is 11.3 Å². The number of hydrogen-bond donors (Lipinski definition) is 3. The molecule has 1 fully saturated rings. The maximum absolute atomic E-state index is 12.1. The fraction of sp³-hybridized carbons (Fsp3) is 0.526. The zero-order chi connectivity index (χ0) is 18.4. The first-order valence-electron chi connectivity index (χ1n) is 9.08. The van der Waals surface area contributed by atoms with E-state index in [1.165, 1.54) is 0 Å². The molecule has 3 rings (SSSR count). The summed E-state index contributed by atoms with van der Waals surface area (Å²) in [5.41, 5.74) is 0. The normalized spacial score (nSPS) is 17.3. The van der Waals surface area contributed by atoms with Crippen molar-refractivity contribution in [2.45, 2.75) is 25.0 Å². The Hall–Kier alpha value is -1.67. The second-order valence-corrected chi connectivity index (χ2v) is 7.78. The molecule has 1 aromatic carbocycles. The molecule has 0 bridgehead atoms. The number of aliphatic hydroxyl groups is 1. The van der Waals surface area contributed by atoms with Gasteiger partial charge in [0.1, 0.15) is 6.10 Å². The van der Waals surface area contributed by atoms with Gasteiger partial charge in [0.2, 0.25) is 0 Å². The molecule has 0 radical (unpaired) electrons. The van der Waals surface area contributed by atoms with Crippen LogP contribution in [0.2, 0.25) is 0 Å². The van der Waals surface area contributed by atoms with E-state index in [2.05, 4.69) is 15.5 Å². The molecular formula is C19H27N3O3S. The summed E-state index contributed by atoms with van der Waals surface area (Å²) in [6, 6.07) is 10.0. The predicted molar refractivity (Wildman–Crippen MR) is 105 cm³/mol. The van der Waals surface area contributed by atoms with Crippen molar-refractivity contribution < 1.29 is 14.6 Å². The van der Waals surface area contributed by atoms with Crippen LogP contribution in [-0.2, 0) is 4.74 Å². The van der Waals surface area contributed by atoms with E-state index in [0.717, 1.165) is 54.0 Å². The monoisotopic (exact) mass is 377 g/mol. The number of rotatable bonds is 7. The summed E-state index contributed by atoms with van der Waals surface area (Å²) >= 11 is 1.56. The minimum absolute atomic E-state index is 0.190. The number of carbonyl (C=O) groups excluding carboxylic acids is 1. The van der Waals surface area contributed by atoms with Gasteiger partial charge in [0.05, 0.1) is 13.2 Å². The van der Waals surface area contributed by atoms with Crippen LogP contribution in [0.15, 0.2) is 30.3 Å². The third kappa shape index (κ3) is 5.17. The van der Waals surface area contributed by atoms with Crippen molar-refractivity contribution in [1.29, 1.82) is 0 Å². The highest BCUT2D eigenvalue weighted by Crippen LogP contribution is 2.29. The molecule has 1 unspecified atom stereocenters. The number of fused-ring (bicyclic) bond motifs is 1. The molecule has 1 aliphatic heterocycles. The van der Waals surface area contributed by atoms with Crippen LogP contribution < -0.4 is 10.6 Å². The topological polar surface area (TPSA) is 73.8 Å². The number of nitrogens with zero attached hydrogens (tertiary/aromatic N) is 1. The second kappa shape index (κ2) is 9.32. The van der Waals surface area contributed by atoms with Crippen molar-refractivity contribution in [2.24, 2.45) is 0 Å². The maximum atomic E-state index is 12.1. The highest BCUT2D eigenvalue weighted by Gasteiger charge is 2.21. The molecule has 7 heteroatoms. The molecular weight excluding hydrogens is 350 g/mol. The largest absolute Gasteiger partial charge is 0.386 e. The number of ether oxygens (including phenoxy) is 1. The average molecular weight is 378 g/mol. The third-order valence-electron chi connectivity index (χ3n) is 4.76. The van der Waals surface area contributed by atoms with Gasteiger partial charge in [0.15, 0.2) is 0 Å². The smallest absolute Gasteiger partial charge is 0.315 e. The number of thiophene rings is 1. The zero-order valence-corrected chi connectivity index (χ0v) is 15.9. The number of methoxy groups -OCH3 is 1. The summed E-state index contributed by atoms with van der Waals surface area (Å²) in [4.78, 5) is 15.3. The fourth-order valence-electron chi connectivity index (χ4n) is 3.21. The van der Waals surface area contributed by atoms with Crippen LogP contribution in [0.1, 0.15) is 23.8 Å². The summed E-state index contributed by atoms with van der Waals surface area (Å²) in [5, 5.41) is 17.3. The van der Waals surface area contributed by atoms with E-state index in [-0.39, 0.29) is 18.6 Å². The second-order valence-electron chi connectivity index (χ2n) is 6.67. The average Bonchev–Trinajstić information content (AvgIpc) is 3.10. The first-order valence-corrected chi connectivity index (χ1v) is 9.89. The van der Waals surface area contributed by atoms with Crippen molar-refractivity contribution in [3.8, 4) is 0 Å². The molecule has 6 nitrogen and oxygen atoms in total. The number of nitrogens with one attached hydrogen (secondary N) is 2. The lowest BCUT2D eigenvalue weighted by atomic mass is 10.1. The molecule has 0 spiro atoms. The molecule has 3 N–H and O–H groups in total. The van der Waals surface area contributed by atoms with Crippen LogP contribution in [0.5, 0.6) is 0 Å². The van der Waals surface area contributed by atoms with Crippen LogP contribution >= 0.6 is 11.3 Å². The van der Waals surface area contributed by atoms with Crippen molar-refractivity contribution in [3.05, 3.63) is 35.2 Å². The Morgan fingerprint density at radius 1 is 1.38 bits per heavy atom. The molecule has 1 atom stereocenters. The molecule has 0 aliphatic carbocycles. The lowest BCUT2D eigenvalue weighted by Gasteiger charge is -2.32. The molecule has 142 valence electrons. The molecule has 2 heterocycles. The van der Waals surface area contributed by atoms with E-state index >= 15 is 0 Å². The number of hydrogen-bond acceptors (Lipinski definition) is 5. The van der Waals surface area contributed by atoms with Crippen LogP contribution in [0.25, 0.3) is 10.1 Å². The van der Waals surface area contributed by atoms with E-state index in [4.69, 9.17) is 4.74 Å². The summed E-state index contributed by atoms with van der Waals surface area (Å²) < 4.78 is 6.25. The molecule has 26 heavy (non-hydrogen) atoms. The van der Waals surface area contributed by atoms with Crippen molar-refractivity contribution >= 4 is 27.5 Å². The molecule has 2 amide bonds. The van der Waals surface area contributed by atoms with Crippen LogP contribution in [-0.4, -0.2) is 62.0 Å². The minimum Gasteiger partial charge on any atom is -0.386 e. The Morgan fingerprint density at radius 2 is 2.15 bits per heavy atom. The number of carbonyl (C=O) groups is 1. The Bertz CT molecular complexity index is 680. The molecule has 1 aromatic heterocycles. The van der Waals surface area contributed by atoms with Gasteiger partial charge in [-0.3, -0.25) is 0 Å². The van der Waals surface area contributed by atoms with E-state index in [1.807, 2.05) is 30.3 Å². The molecule has 2 aromatic rings. The van der Waals surface area contributed by atoms with Gasteiger partial charge in [-0.25, -0.2) is 4.79 Å². The van der Waals surface area contributed by atoms with Crippen molar-refractivity contribution in [2.75, 3.05) is 39.9 Å². The highest BCUT2D eigenvalue weighted by molar-refractivity contribution is 7.19. The number of aliphatic hydroxyl groups excluding tert-OH is 1. The molecule has 1 saturated heterocycles. The Balaban J connectivity index is 1.40. The SMILES string of the molecule is COCCN1CCC(NC(=O)NCC(O)c2cc3ccccc3s2)CC1. The van der Waals surface area contributed by atoms with Gasteiger partial charge < -0.3 is 25.4 Å². The Morgan fingerprint density at radius 3 is 2.88 bits per heavy atom. The van der Waals surface area contributed by atoms with Crippen LogP contribution in [0.4, 0.5) is 4.79 Å². The summed E-state index contributed by atoms with van der Waals surface area (Å²) in [5.74, 6) is 0. The third-order valence-corrected chi connectivity index (χ3v) is 5.98. The summed E-state index contributed by atoms with van der Waals surface area (Å²) in [6.45, 7) is 3.84. The lowest BCUT2D eigenvalue weighted by Crippen LogP contribution is -2.48. The van der Waals surface area contributed by atoms with E-state index in [0.29, 0.717) is 0 Å². The summed E-state index contributed by atoms with van der Waals surface area (Å²) in [6.07, 6.45) is 1.19. The molecule has 1 aliphatic rings. The quantitative estimate of drug-likeness (QED) is 0.692. The fourth-order valence-corrected chi connectivity index (χ4v) is 4.26. The number of likely N-dealkylation sites (tertiary alicyclic amines) is 1. The van der Waals surface area contributed by atoms with Gasteiger partial charge in [-0.1, -0.05) is 18.2 Å². The minimum atomic E-state index is -0.686. The van der Waals surface area contributed by atoms with E-state index in [1.54, 1.807) is 18.4 Å². The van der Waals surface area contributed by atoms with Crippen molar-refractivity contribution in [1.82, 2.24) is 15.5 Å². The van der Waals surface area contributed by atoms with Crippen LogP contribution in [0, 0.1) is 0 Å². The van der Waals surface area contributed by atoms with Gasteiger partial charge in [0.25, 0.3) is 0 Å². The van der Waals surface area contributed by atoms with Gasteiger partial charge in [-0.05, 0) is 30.4 Å². The zero-order valence-electron chi connectivity index (χ0n) is 15.1. The first kappa shape index (κ1) is 19.1. The highest BCUT2D eigenvalue weighted by atomic mass is 32.1. The number of urea groups is 1. The Kier molecular flexibility index (Phi) is 6.85. The van der Waals surface area contributed by atoms with Gasteiger partial charge in [-0.2, -0.15) is 0 Å². The van der Waals surface area contributed by atoms with E-state index < -0.39 is 6.10 Å². The number of piperidine rings is 1. The predicted octanol–water partition coefficient (Wildman–Crippen LogP) is 2.34. The first-order chi connectivity index (χ1) is 12.7. The van der Waals surface area contributed by atoms with Gasteiger partial charge >= 0.3 is 6.03 Å². The lowest BCUT2D eigenvalue weighted by molar-refractivity contribution is 0.126.